The Morgan fingerprint density at radius 3 is 2.70 bits per heavy atom. The molecule has 2 nitrogen and oxygen atoms in total. The molecule has 0 unspecified atom stereocenters. The second-order valence-corrected chi connectivity index (χ2v) is 2.98. The van der Waals surface area contributed by atoms with E-state index in [0.29, 0.717) is 5.75 Å². The molecule has 0 amide bonds. The van der Waals surface area contributed by atoms with Crippen LogP contribution < -0.4 is 4.74 Å². The zero-order valence-electron chi connectivity index (χ0n) is 5.47. The van der Waals surface area contributed by atoms with Crippen LogP contribution in [0.4, 0.5) is 0 Å². The van der Waals surface area contributed by atoms with Crippen LogP contribution in [0.3, 0.4) is 0 Å². The number of phenolic OH excluding ortho intramolecular Hbond substituents is 1. The number of rotatable bonds is 1. The van der Waals surface area contributed by atoms with E-state index in [0.717, 1.165) is 3.57 Å². The van der Waals surface area contributed by atoms with Crippen molar-refractivity contribution < 1.29 is 9.84 Å². The first-order chi connectivity index (χ1) is 4.74. The Morgan fingerprint density at radius 1 is 1.50 bits per heavy atom. The Bertz CT molecular complexity index is 235. The van der Waals surface area contributed by atoms with Gasteiger partial charge in [-0.1, -0.05) is 0 Å². The summed E-state index contributed by atoms with van der Waals surface area (Å²) in [6, 6.07) is 5.01. The first kappa shape index (κ1) is 7.65. The van der Waals surface area contributed by atoms with Gasteiger partial charge in [0, 0.05) is 6.07 Å². The monoisotopic (exact) mass is 250 g/mol. The molecule has 0 atom stereocenters. The Kier molecular flexibility index (Phi) is 2.37. The molecular formula is C7H7IO2. The standard InChI is InChI=1S/C7H7IO2/c1-10-7-4-5(9)2-3-6(7)8/h2-4,9H,1H3. The predicted octanol–water partition coefficient (Wildman–Crippen LogP) is 2.01. The Hall–Kier alpha value is -0.450. The first-order valence-electron chi connectivity index (χ1n) is 2.76. The van der Waals surface area contributed by atoms with Crippen molar-refractivity contribution in [2.45, 2.75) is 0 Å². The molecule has 0 bridgehead atoms. The number of methoxy groups -OCH3 is 1. The zero-order valence-corrected chi connectivity index (χ0v) is 7.62. The van der Waals surface area contributed by atoms with Gasteiger partial charge in [0.25, 0.3) is 0 Å². The van der Waals surface area contributed by atoms with Crippen molar-refractivity contribution in [2.24, 2.45) is 0 Å². The summed E-state index contributed by atoms with van der Waals surface area (Å²) in [6.45, 7) is 0. The number of benzene rings is 1. The average molecular weight is 250 g/mol. The largest absolute Gasteiger partial charge is 0.508 e. The minimum Gasteiger partial charge on any atom is -0.508 e. The van der Waals surface area contributed by atoms with E-state index in [4.69, 9.17) is 9.84 Å². The van der Waals surface area contributed by atoms with Gasteiger partial charge >= 0.3 is 0 Å². The maximum absolute atomic E-state index is 8.99. The third kappa shape index (κ3) is 1.53. The molecule has 0 fully saturated rings. The van der Waals surface area contributed by atoms with Crippen LogP contribution >= 0.6 is 22.6 Å². The molecule has 10 heavy (non-hydrogen) atoms. The highest BCUT2D eigenvalue weighted by Gasteiger charge is 1.98. The topological polar surface area (TPSA) is 29.5 Å². The van der Waals surface area contributed by atoms with E-state index in [9.17, 15) is 0 Å². The molecule has 3 heteroatoms. The molecule has 0 saturated carbocycles. The lowest BCUT2D eigenvalue weighted by Gasteiger charge is -2.01. The fourth-order valence-corrected chi connectivity index (χ4v) is 1.20. The van der Waals surface area contributed by atoms with Gasteiger partial charge in [0.1, 0.15) is 11.5 Å². The number of hydrogen-bond acceptors (Lipinski definition) is 2. The molecule has 1 rings (SSSR count). The molecule has 0 aliphatic carbocycles. The molecule has 0 radical (unpaired) electrons. The van der Waals surface area contributed by atoms with Crippen LogP contribution in [0.1, 0.15) is 0 Å². The molecule has 0 aliphatic heterocycles. The van der Waals surface area contributed by atoms with Crippen molar-refractivity contribution in [1.29, 1.82) is 0 Å². The zero-order chi connectivity index (χ0) is 7.56. The molecule has 0 saturated heterocycles. The second-order valence-electron chi connectivity index (χ2n) is 1.82. The van der Waals surface area contributed by atoms with Gasteiger partial charge in [0.15, 0.2) is 0 Å². The molecule has 0 aromatic heterocycles. The van der Waals surface area contributed by atoms with E-state index in [1.54, 1.807) is 25.3 Å². The summed E-state index contributed by atoms with van der Waals surface area (Å²) >= 11 is 2.14. The van der Waals surface area contributed by atoms with Crippen LogP contribution in [0.25, 0.3) is 0 Å². The summed E-state index contributed by atoms with van der Waals surface area (Å²) in [5.41, 5.74) is 0. The summed E-state index contributed by atoms with van der Waals surface area (Å²) < 4.78 is 5.96. The number of phenols is 1. The van der Waals surface area contributed by atoms with E-state index in [1.807, 2.05) is 0 Å². The quantitative estimate of drug-likeness (QED) is 0.772. The molecule has 1 N–H and O–H groups in total. The average Bonchev–Trinajstić information content (AvgIpc) is 1.94. The minimum absolute atomic E-state index is 0.234. The van der Waals surface area contributed by atoms with Crippen molar-refractivity contribution in [2.75, 3.05) is 7.11 Å². The highest BCUT2D eigenvalue weighted by atomic mass is 127. The van der Waals surface area contributed by atoms with Crippen LogP contribution in [-0.2, 0) is 0 Å². The van der Waals surface area contributed by atoms with Gasteiger partial charge < -0.3 is 9.84 Å². The smallest absolute Gasteiger partial charge is 0.135 e. The summed E-state index contributed by atoms with van der Waals surface area (Å²) in [7, 11) is 1.58. The lowest BCUT2D eigenvalue weighted by Crippen LogP contribution is -1.84. The first-order valence-corrected chi connectivity index (χ1v) is 3.84. The maximum atomic E-state index is 8.99. The normalized spacial score (nSPS) is 9.40. The fraction of sp³-hybridized carbons (Fsp3) is 0.143. The van der Waals surface area contributed by atoms with Gasteiger partial charge in [-0.15, -0.1) is 0 Å². The minimum atomic E-state index is 0.234. The van der Waals surface area contributed by atoms with E-state index >= 15 is 0 Å². The molecule has 0 heterocycles. The molecule has 1 aromatic carbocycles. The van der Waals surface area contributed by atoms with Crippen LogP contribution in [0.5, 0.6) is 11.5 Å². The van der Waals surface area contributed by atoms with Gasteiger partial charge in [-0.3, -0.25) is 0 Å². The number of aromatic hydroxyl groups is 1. The van der Waals surface area contributed by atoms with E-state index in [2.05, 4.69) is 22.6 Å². The van der Waals surface area contributed by atoms with Crippen molar-refractivity contribution in [3.05, 3.63) is 21.8 Å². The summed E-state index contributed by atoms with van der Waals surface area (Å²) in [5.74, 6) is 0.942. The van der Waals surface area contributed by atoms with Crippen LogP contribution in [-0.4, -0.2) is 12.2 Å². The molecule has 54 valence electrons. The molecule has 1 aromatic rings. The van der Waals surface area contributed by atoms with Crippen LogP contribution in [0, 0.1) is 3.57 Å². The van der Waals surface area contributed by atoms with E-state index in [-0.39, 0.29) is 5.75 Å². The lowest BCUT2D eigenvalue weighted by atomic mass is 10.3. The number of halogens is 1. The summed E-state index contributed by atoms with van der Waals surface area (Å²) in [5, 5.41) is 8.99. The van der Waals surface area contributed by atoms with E-state index in [1.165, 1.54) is 0 Å². The lowest BCUT2D eigenvalue weighted by molar-refractivity contribution is 0.405. The molecule has 0 spiro atoms. The van der Waals surface area contributed by atoms with Crippen molar-refractivity contribution in [3.63, 3.8) is 0 Å². The molecule has 0 aliphatic rings. The Balaban J connectivity index is 3.09. The third-order valence-corrected chi connectivity index (χ3v) is 2.03. The Labute approximate surface area is 73.0 Å². The Morgan fingerprint density at radius 2 is 2.20 bits per heavy atom. The van der Waals surface area contributed by atoms with Crippen LogP contribution in [0.2, 0.25) is 0 Å². The van der Waals surface area contributed by atoms with Crippen LogP contribution in [0.15, 0.2) is 18.2 Å². The SMILES string of the molecule is COc1cc(O)ccc1I. The maximum Gasteiger partial charge on any atom is 0.135 e. The van der Waals surface area contributed by atoms with Crippen molar-refractivity contribution >= 4 is 22.6 Å². The highest BCUT2D eigenvalue weighted by Crippen LogP contribution is 2.24. The van der Waals surface area contributed by atoms with Gasteiger partial charge in [-0.05, 0) is 34.7 Å². The van der Waals surface area contributed by atoms with Gasteiger partial charge in [-0.25, -0.2) is 0 Å². The third-order valence-electron chi connectivity index (χ3n) is 1.13. The highest BCUT2D eigenvalue weighted by molar-refractivity contribution is 14.1. The number of hydrogen-bond donors (Lipinski definition) is 1. The number of ether oxygens (including phenoxy) is 1. The molecular weight excluding hydrogens is 243 g/mol. The van der Waals surface area contributed by atoms with Crippen molar-refractivity contribution in [1.82, 2.24) is 0 Å². The predicted molar refractivity (Wildman–Crippen MR) is 47.4 cm³/mol. The fourth-order valence-electron chi connectivity index (χ4n) is 0.648. The van der Waals surface area contributed by atoms with Crippen molar-refractivity contribution in [3.8, 4) is 11.5 Å². The van der Waals surface area contributed by atoms with Gasteiger partial charge in [-0.2, -0.15) is 0 Å². The summed E-state index contributed by atoms with van der Waals surface area (Å²) in [6.07, 6.45) is 0. The van der Waals surface area contributed by atoms with Gasteiger partial charge in [0.05, 0.1) is 10.7 Å². The van der Waals surface area contributed by atoms with E-state index < -0.39 is 0 Å². The summed E-state index contributed by atoms with van der Waals surface area (Å²) in [4.78, 5) is 0. The second kappa shape index (κ2) is 3.09. The van der Waals surface area contributed by atoms with Gasteiger partial charge in [0.2, 0.25) is 0 Å².